The van der Waals surface area contributed by atoms with Crippen molar-refractivity contribution in [3.63, 3.8) is 0 Å². The molecule has 7 heteroatoms. The number of para-hydroxylation sites is 1. The van der Waals surface area contributed by atoms with Crippen LogP contribution in [0.15, 0.2) is 55.1 Å². The summed E-state index contributed by atoms with van der Waals surface area (Å²) in [4.78, 5) is 25.9. The molecule has 0 radical (unpaired) electrons. The van der Waals surface area contributed by atoms with Gasteiger partial charge in [-0.05, 0) is 32.4 Å². The van der Waals surface area contributed by atoms with Crippen LogP contribution < -0.4 is 5.32 Å². The Hall–Kier alpha value is -3.87. The van der Waals surface area contributed by atoms with E-state index >= 15 is 0 Å². The molecule has 0 aliphatic heterocycles. The van der Waals surface area contributed by atoms with Crippen molar-refractivity contribution in [1.29, 1.82) is 0 Å². The Kier molecular flexibility index (Phi) is 4.35. The van der Waals surface area contributed by atoms with E-state index in [1.807, 2.05) is 12.1 Å². The summed E-state index contributed by atoms with van der Waals surface area (Å²) in [5, 5.41) is 3.46. The maximum atomic E-state index is 5.03. The lowest BCUT2D eigenvalue weighted by Crippen LogP contribution is -2.13. The van der Waals surface area contributed by atoms with Crippen LogP contribution in [-0.2, 0) is 0 Å². The lowest BCUT2D eigenvalue weighted by Gasteiger charge is -2.18. The van der Waals surface area contributed by atoms with Gasteiger partial charge in [0.1, 0.15) is 11.8 Å². The van der Waals surface area contributed by atoms with Crippen LogP contribution in [-0.4, -0.2) is 29.9 Å². The van der Waals surface area contributed by atoms with Gasteiger partial charge in [-0.15, -0.1) is 0 Å². The summed E-state index contributed by atoms with van der Waals surface area (Å²) >= 11 is 0. The third-order valence-corrected chi connectivity index (χ3v) is 5.23. The van der Waals surface area contributed by atoms with Crippen molar-refractivity contribution in [1.82, 2.24) is 29.9 Å². The minimum absolute atomic E-state index is 0.139. The summed E-state index contributed by atoms with van der Waals surface area (Å²) in [6, 6.07) is 14.3. The molecule has 148 valence electrons. The standard InChI is InChI=1S/C23H21N7/c1-13-7-9-16(10-8-13)20-19(29-17-6-4-5-14(2)18(17)30-20)15(3)28-23-21-22(25-11-24-21)26-12-27-23/h4-12,15H,1-3H3,(H2,24,25,26,27,28). The van der Waals surface area contributed by atoms with E-state index in [2.05, 4.69) is 76.4 Å². The summed E-state index contributed by atoms with van der Waals surface area (Å²) in [6.45, 7) is 6.20. The van der Waals surface area contributed by atoms with Crippen molar-refractivity contribution >= 4 is 28.0 Å². The normalized spacial score (nSPS) is 12.4. The maximum Gasteiger partial charge on any atom is 0.182 e. The fraction of sp³-hybridized carbons (Fsp3) is 0.174. The van der Waals surface area contributed by atoms with Crippen LogP contribution in [0.4, 0.5) is 5.82 Å². The topological polar surface area (TPSA) is 92.3 Å². The highest BCUT2D eigenvalue weighted by atomic mass is 15.1. The maximum absolute atomic E-state index is 5.03. The minimum atomic E-state index is -0.139. The first kappa shape index (κ1) is 18.2. The van der Waals surface area contributed by atoms with E-state index in [9.17, 15) is 0 Å². The van der Waals surface area contributed by atoms with Gasteiger partial charge in [0.05, 0.1) is 34.8 Å². The van der Waals surface area contributed by atoms with Crippen molar-refractivity contribution in [3.8, 4) is 11.3 Å². The van der Waals surface area contributed by atoms with Gasteiger partial charge in [-0.3, -0.25) is 0 Å². The first-order chi connectivity index (χ1) is 14.6. The summed E-state index contributed by atoms with van der Waals surface area (Å²) in [5.74, 6) is 0.686. The second-order valence-electron chi connectivity index (χ2n) is 7.46. The number of nitrogens with one attached hydrogen (secondary N) is 2. The molecule has 5 aromatic rings. The molecule has 0 fully saturated rings. The molecule has 0 spiro atoms. The Balaban J connectivity index is 1.65. The highest BCUT2D eigenvalue weighted by Gasteiger charge is 2.19. The van der Waals surface area contributed by atoms with E-state index in [1.165, 1.54) is 11.9 Å². The smallest absolute Gasteiger partial charge is 0.182 e. The Bertz CT molecular complexity index is 1360. The summed E-state index contributed by atoms with van der Waals surface area (Å²) in [7, 11) is 0. The molecule has 1 atom stereocenters. The number of hydrogen-bond acceptors (Lipinski definition) is 6. The van der Waals surface area contributed by atoms with Crippen LogP contribution in [0, 0.1) is 13.8 Å². The third kappa shape index (κ3) is 3.14. The summed E-state index contributed by atoms with van der Waals surface area (Å²) in [6.07, 6.45) is 3.13. The number of benzene rings is 2. The van der Waals surface area contributed by atoms with Crippen molar-refractivity contribution in [2.75, 3.05) is 5.32 Å². The van der Waals surface area contributed by atoms with Gasteiger partial charge in [0, 0.05) is 5.56 Å². The molecule has 0 aliphatic carbocycles. The lowest BCUT2D eigenvalue weighted by atomic mass is 10.0. The Labute approximate surface area is 173 Å². The number of hydrogen-bond donors (Lipinski definition) is 2. The zero-order chi connectivity index (χ0) is 20.7. The number of anilines is 1. The van der Waals surface area contributed by atoms with E-state index in [1.54, 1.807) is 6.33 Å². The number of aromatic amines is 1. The van der Waals surface area contributed by atoms with E-state index in [4.69, 9.17) is 9.97 Å². The number of fused-ring (bicyclic) bond motifs is 2. The van der Waals surface area contributed by atoms with Crippen LogP contribution in [0.2, 0.25) is 0 Å². The zero-order valence-electron chi connectivity index (χ0n) is 17.0. The average molecular weight is 395 g/mol. The number of rotatable bonds is 4. The predicted molar refractivity (Wildman–Crippen MR) is 118 cm³/mol. The molecule has 0 amide bonds. The summed E-state index contributed by atoms with van der Waals surface area (Å²) in [5.41, 5.74) is 8.27. The SMILES string of the molecule is Cc1ccc(-c2nc3c(C)cccc3nc2C(C)Nc2ncnc3nc[nH]c23)cc1. The van der Waals surface area contributed by atoms with Crippen molar-refractivity contribution in [3.05, 3.63) is 71.9 Å². The van der Waals surface area contributed by atoms with Gasteiger partial charge in [-0.2, -0.15) is 0 Å². The zero-order valence-corrected chi connectivity index (χ0v) is 17.0. The Morgan fingerprint density at radius 1 is 0.933 bits per heavy atom. The van der Waals surface area contributed by atoms with Crippen molar-refractivity contribution in [2.24, 2.45) is 0 Å². The van der Waals surface area contributed by atoms with Gasteiger partial charge in [0.25, 0.3) is 0 Å². The van der Waals surface area contributed by atoms with Gasteiger partial charge in [-0.25, -0.2) is 24.9 Å². The van der Waals surface area contributed by atoms with Gasteiger partial charge in [0.2, 0.25) is 0 Å². The first-order valence-electron chi connectivity index (χ1n) is 9.85. The molecule has 2 N–H and O–H groups in total. The fourth-order valence-corrected chi connectivity index (χ4v) is 3.60. The molecule has 0 saturated carbocycles. The quantitative estimate of drug-likeness (QED) is 0.456. The third-order valence-electron chi connectivity index (χ3n) is 5.23. The highest BCUT2D eigenvalue weighted by Crippen LogP contribution is 2.31. The molecule has 3 heterocycles. The van der Waals surface area contributed by atoms with Crippen LogP contribution in [0.1, 0.15) is 29.8 Å². The fourth-order valence-electron chi connectivity index (χ4n) is 3.60. The molecular weight excluding hydrogens is 374 g/mol. The van der Waals surface area contributed by atoms with Crippen molar-refractivity contribution < 1.29 is 0 Å². The lowest BCUT2D eigenvalue weighted by molar-refractivity contribution is 0.835. The molecule has 5 rings (SSSR count). The van der Waals surface area contributed by atoms with Gasteiger partial charge in [-0.1, -0.05) is 42.0 Å². The van der Waals surface area contributed by atoms with Crippen LogP contribution >= 0.6 is 0 Å². The summed E-state index contributed by atoms with van der Waals surface area (Å²) < 4.78 is 0. The van der Waals surface area contributed by atoms with Gasteiger partial charge in [0.15, 0.2) is 11.5 Å². The number of imidazole rings is 1. The number of aromatic nitrogens is 6. The molecule has 2 aromatic carbocycles. The second-order valence-corrected chi connectivity index (χ2v) is 7.46. The Morgan fingerprint density at radius 3 is 2.60 bits per heavy atom. The number of H-pyrrole nitrogens is 1. The predicted octanol–water partition coefficient (Wildman–Crippen LogP) is 4.75. The monoisotopic (exact) mass is 395 g/mol. The highest BCUT2D eigenvalue weighted by molar-refractivity contribution is 5.83. The largest absolute Gasteiger partial charge is 0.360 e. The van der Waals surface area contributed by atoms with E-state index in [0.29, 0.717) is 11.5 Å². The van der Waals surface area contributed by atoms with Crippen molar-refractivity contribution in [2.45, 2.75) is 26.8 Å². The van der Waals surface area contributed by atoms with Gasteiger partial charge >= 0.3 is 0 Å². The molecule has 0 aliphatic rings. The molecular formula is C23H21N7. The van der Waals surface area contributed by atoms with E-state index in [-0.39, 0.29) is 6.04 Å². The van der Waals surface area contributed by atoms with E-state index < -0.39 is 0 Å². The average Bonchev–Trinajstić information content (AvgIpc) is 3.24. The second kappa shape index (κ2) is 7.18. The Morgan fingerprint density at radius 2 is 1.77 bits per heavy atom. The molecule has 0 bridgehead atoms. The molecule has 7 nitrogen and oxygen atoms in total. The van der Waals surface area contributed by atoms with Gasteiger partial charge < -0.3 is 10.3 Å². The van der Waals surface area contributed by atoms with Crippen LogP contribution in [0.25, 0.3) is 33.5 Å². The molecule has 3 aromatic heterocycles. The first-order valence-corrected chi connectivity index (χ1v) is 9.85. The molecule has 1 unspecified atom stereocenters. The molecule has 0 saturated heterocycles. The number of aryl methyl sites for hydroxylation is 2. The number of nitrogens with zero attached hydrogens (tertiary/aromatic N) is 5. The van der Waals surface area contributed by atoms with Crippen LogP contribution in [0.3, 0.4) is 0 Å². The minimum Gasteiger partial charge on any atom is -0.360 e. The molecule has 30 heavy (non-hydrogen) atoms. The van der Waals surface area contributed by atoms with Crippen LogP contribution in [0.5, 0.6) is 0 Å². The van der Waals surface area contributed by atoms with E-state index in [0.717, 1.165) is 39.1 Å².